The van der Waals surface area contributed by atoms with Crippen molar-refractivity contribution in [2.45, 2.75) is 71.5 Å². The van der Waals surface area contributed by atoms with Crippen molar-refractivity contribution in [3.05, 3.63) is 70.8 Å². The summed E-state index contributed by atoms with van der Waals surface area (Å²) in [5.41, 5.74) is -2.93. The van der Waals surface area contributed by atoms with Gasteiger partial charge in [0.25, 0.3) is 0 Å². The van der Waals surface area contributed by atoms with Crippen LogP contribution in [0, 0.1) is 0 Å². The molecule has 0 saturated carbocycles. The van der Waals surface area contributed by atoms with Gasteiger partial charge in [0.05, 0.1) is 16.7 Å². The third kappa shape index (κ3) is 13.7. The van der Waals surface area contributed by atoms with E-state index in [9.17, 15) is 44.3 Å². The van der Waals surface area contributed by atoms with E-state index in [0.29, 0.717) is 31.3 Å². The number of carbonyl (C=O) groups is 1. The molecule has 1 heterocycles. The molecule has 38 heavy (non-hydrogen) atoms. The fraction of sp³-hybridized carbons (Fsp3) is 0.500. The first kappa shape index (κ1) is 35.2. The fourth-order valence-corrected chi connectivity index (χ4v) is 3.16. The second-order valence-corrected chi connectivity index (χ2v) is 7.82. The van der Waals surface area contributed by atoms with Crippen LogP contribution in [-0.4, -0.2) is 29.1 Å². The van der Waals surface area contributed by atoms with Crippen LogP contribution in [0.1, 0.15) is 68.7 Å². The Balaban J connectivity index is 0.000000666. The molecule has 12 heteroatoms. The highest BCUT2D eigenvalue weighted by Crippen LogP contribution is 2.37. The van der Waals surface area contributed by atoms with Gasteiger partial charge in [-0.2, -0.15) is 39.5 Å². The third-order valence-electron chi connectivity index (χ3n) is 4.98. The summed E-state index contributed by atoms with van der Waals surface area (Å²) in [4.78, 5) is 11.1. The normalized spacial score (nSPS) is 14.1. The Hall–Kier alpha value is -2.76. The second kappa shape index (κ2) is 16.3. The zero-order valence-corrected chi connectivity index (χ0v) is 21.3. The highest BCUT2D eigenvalue weighted by molar-refractivity contribution is 5.66. The maximum atomic E-state index is 12.9. The van der Waals surface area contributed by atoms with Crippen LogP contribution < -0.4 is 0 Å². The van der Waals surface area contributed by atoms with E-state index in [0.717, 1.165) is 31.4 Å². The molecule has 3 rings (SSSR count). The van der Waals surface area contributed by atoms with E-state index >= 15 is 0 Å². The number of benzene rings is 2. The van der Waals surface area contributed by atoms with Gasteiger partial charge >= 0.3 is 24.5 Å². The van der Waals surface area contributed by atoms with Crippen molar-refractivity contribution in [3.8, 4) is 0 Å². The van der Waals surface area contributed by atoms with Crippen LogP contribution >= 0.6 is 0 Å². The van der Waals surface area contributed by atoms with Gasteiger partial charge in [-0.05, 0) is 49.7 Å². The molecule has 1 saturated heterocycles. The average Bonchev–Trinajstić information content (AvgIpc) is 2.85. The van der Waals surface area contributed by atoms with Crippen molar-refractivity contribution in [1.82, 2.24) is 4.90 Å². The molecule has 0 aliphatic carbocycles. The first-order chi connectivity index (χ1) is 17.6. The highest BCUT2D eigenvalue weighted by atomic mass is 19.4. The standard InChI is InChI=1S/C14H15F6N.C7H5F3.C3H6O2.C2H6/c15-13(16,17)11-4-5-12(14(18,19)20)10(8-11)9-21-6-2-1-3-7-21;8-7(9,10)6-4-2-1-3-5-6;1-2-3(4)5;1-2/h4-5,8H,1-3,6-7,9H2;1-5H;2H2,1H3,(H,4,5);1-2H3. The number of rotatable bonds is 3. The van der Waals surface area contributed by atoms with E-state index in [2.05, 4.69) is 0 Å². The molecular weight excluding hydrogens is 529 g/mol. The van der Waals surface area contributed by atoms with Gasteiger partial charge in [0.15, 0.2) is 0 Å². The minimum Gasteiger partial charge on any atom is -0.481 e. The smallest absolute Gasteiger partial charge is 0.416 e. The molecule has 0 unspecified atom stereocenters. The fourth-order valence-electron chi connectivity index (χ4n) is 3.16. The number of alkyl halides is 9. The molecule has 1 N–H and O–H groups in total. The molecule has 0 radical (unpaired) electrons. The SMILES string of the molecule is CC.CCC(=O)O.FC(F)(F)c1ccc(C(F)(F)F)c(CN2CCCCC2)c1.FC(F)(F)c1ccccc1. The molecule has 0 bridgehead atoms. The van der Waals surface area contributed by atoms with Gasteiger partial charge in [0.2, 0.25) is 0 Å². The summed E-state index contributed by atoms with van der Waals surface area (Å²) in [6.45, 7) is 6.74. The van der Waals surface area contributed by atoms with Crippen LogP contribution in [0.3, 0.4) is 0 Å². The van der Waals surface area contributed by atoms with Gasteiger partial charge in [-0.3, -0.25) is 9.69 Å². The van der Waals surface area contributed by atoms with Crippen molar-refractivity contribution < 1.29 is 49.4 Å². The van der Waals surface area contributed by atoms with E-state index in [1.54, 1.807) is 17.9 Å². The highest BCUT2D eigenvalue weighted by Gasteiger charge is 2.37. The molecule has 0 amide bonds. The number of hydrogen-bond donors (Lipinski definition) is 1. The number of likely N-dealkylation sites (tertiary alicyclic amines) is 1. The van der Waals surface area contributed by atoms with Crippen molar-refractivity contribution in [1.29, 1.82) is 0 Å². The average molecular weight is 562 g/mol. The maximum Gasteiger partial charge on any atom is 0.416 e. The molecule has 216 valence electrons. The first-order valence-electron chi connectivity index (χ1n) is 11.9. The predicted molar refractivity (Wildman–Crippen MR) is 126 cm³/mol. The largest absolute Gasteiger partial charge is 0.481 e. The molecule has 1 fully saturated rings. The van der Waals surface area contributed by atoms with Crippen LogP contribution in [0.15, 0.2) is 48.5 Å². The topological polar surface area (TPSA) is 40.5 Å². The van der Waals surface area contributed by atoms with Gasteiger partial charge in [-0.1, -0.05) is 57.5 Å². The van der Waals surface area contributed by atoms with Crippen molar-refractivity contribution >= 4 is 5.97 Å². The third-order valence-corrected chi connectivity index (χ3v) is 4.98. The molecule has 2 aromatic carbocycles. The van der Waals surface area contributed by atoms with Gasteiger partial charge < -0.3 is 5.11 Å². The Morgan fingerprint density at radius 1 is 0.763 bits per heavy atom. The quantitative estimate of drug-likeness (QED) is 0.381. The Bertz CT molecular complexity index is 934. The second-order valence-electron chi connectivity index (χ2n) is 7.82. The first-order valence-corrected chi connectivity index (χ1v) is 11.9. The predicted octanol–water partition coefficient (Wildman–Crippen LogP) is 8.92. The van der Waals surface area contributed by atoms with E-state index in [-0.39, 0.29) is 18.5 Å². The lowest BCUT2D eigenvalue weighted by atomic mass is 10.0. The summed E-state index contributed by atoms with van der Waals surface area (Å²) in [5.74, 6) is -0.745. The van der Waals surface area contributed by atoms with Crippen LogP contribution in [0.25, 0.3) is 0 Å². The number of carboxylic acid groups (broad SMARTS) is 1. The van der Waals surface area contributed by atoms with Crippen molar-refractivity contribution in [3.63, 3.8) is 0 Å². The number of hydrogen-bond acceptors (Lipinski definition) is 2. The minimum atomic E-state index is -4.64. The number of piperidine rings is 1. The summed E-state index contributed by atoms with van der Waals surface area (Å²) in [5, 5.41) is 7.72. The van der Waals surface area contributed by atoms with E-state index < -0.39 is 41.2 Å². The van der Waals surface area contributed by atoms with Crippen molar-refractivity contribution in [2.75, 3.05) is 13.1 Å². The molecule has 2 aromatic rings. The zero-order chi connectivity index (χ0) is 29.6. The molecule has 1 aliphatic heterocycles. The lowest BCUT2D eigenvalue weighted by molar-refractivity contribution is -0.142. The van der Waals surface area contributed by atoms with Gasteiger partial charge in [0, 0.05) is 13.0 Å². The van der Waals surface area contributed by atoms with Gasteiger partial charge in [0.1, 0.15) is 0 Å². The summed E-state index contributed by atoms with van der Waals surface area (Å²) < 4.78 is 112. The Labute approximate surface area is 216 Å². The van der Waals surface area contributed by atoms with Crippen LogP contribution in [0.5, 0.6) is 0 Å². The molecule has 0 atom stereocenters. The number of nitrogens with zero attached hydrogens (tertiary/aromatic N) is 1. The summed E-state index contributed by atoms with van der Waals surface area (Å²) in [6.07, 6.45) is -10.5. The molecule has 1 aliphatic rings. The molecular formula is C26H32F9NO2. The molecule has 0 spiro atoms. The van der Waals surface area contributed by atoms with Crippen LogP contribution in [-0.2, 0) is 29.9 Å². The van der Waals surface area contributed by atoms with E-state index in [1.807, 2.05) is 13.8 Å². The monoisotopic (exact) mass is 561 g/mol. The van der Waals surface area contributed by atoms with Gasteiger partial charge in [-0.25, -0.2) is 0 Å². The summed E-state index contributed by atoms with van der Waals surface area (Å²) in [6, 6.07) is 8.00. The maximum absolute atomic E-state index is 12.9. The van der Waals surface area contributed by atoms with Crippen molar-refractivity contribution in [2.24, 2.45) is 0 Å². The Kier molecular flexibility index (Phi) is 15.1. The number of aliphatic carboxylic acids is 1. The Morgan fingerprint density at radius 3 is 1.61 bits per heavy atom. The Morgan fingerprint density at radius 2 is 1.24 bits per heavy atom. The summed E-state index contributed by atoms with van der Waals surface area (Å²) >= 11 is 0. The van der Waals surface area contributed by atoms with E-state index in [1.165, 1.54) is 12.1 Å². The number of carboxylic acids is 1. The van der Waals surface area contributed by atoms with Crippen LogP contribution in [0.4, 0.5) is 39.5 Å². The van der Waals surface area contributed by atoms with Gasteiger partial charge in [-0.15, -0.1) is 0 Å². The molecule has 0 aromatic heterocycles. The lowest BCUT2D eigenvalue weighted by Gasteiger charge is -2.28. The lowest BCUT2D eigenvalue weighted by Crippen LogP contribution is -2.30. The zero-order valence-electron chi connectivity index (χ0n) is 21.3. The summed E-state index contributed by atoms with van der Waals surface area (Å²) in [7, 11) is 0. The molecule has 3 nitrogen and oxygen atoms in total. The van der Waals surface area contributed by atoms with Crippen LogP contribution in [0.2, 0.25) is 0 Å². The minimum absolute atomic E-state index is 0.0984. The van der Waals surface area contributed by atoms with E-state index in [4.69, 9.17) is 5.11 Å². The number of halogens is 9.